The number of hydrogen-bond donors (Lipinski definition) is 1. The smallest absolute Gasteiger partial charge is 0.255 e. The van der Waals surface area contributed by atoms with Crippen molar-refractivity contribution >= 4 is 33.2 Å². The number of nitrogens with zero attached hydrogens (tertiary/aromatic N) is 1. The summed E-state index contributed by atoms with van der Waals surface area (Å²) in [6, 6.07) is 13.7. The number of carbonyl (C=O) groups excluding carboxylic acids is 2. The Morgan fingerprint density at radius 3 is 2.56 bits per heavy atom. The van der Waals surface area contributed by atoms with Gasteiger partial charge in [0.15, 0.2) is 0 Å². The van der Waals surface area contributed by atoms with Crippen molar-refractivity contribution in [1.29, 1.82) is 0 Å². The van der Waals surface area contributed by atoms with Gasteiger partial charge < -0.3 is 5.32 Å². The minimum absolute atomic E-state index is 0.0403. The van der Waals surface area contributed by atoms with Gasteiger partial charge in [0.1, 0.15) is 0 Å². The topological polar surface area (TPSA) is 83.6 Å². The molecule has 1 saturated heterocycles. The van der Waals surface area contributed by atoms with Gasteiger partial charge in [-0.05, 0) is 48.2 Å². The van der Waals surface area contributed by atoms with Gasteiger partial charge in [-0.15, -0.1) is 0 Å². The third kappa shape index (κ3) is 4.36. The number of nitrogens with one attached hydrogen (secondary N) is 1. The lowest BCUT2D eigenvalue weighted by Crippen LogP contribution is -2.29. The van der Waals surface area contributed by atoms with Gasteiger partial charge in [-0.3, -0.25) is 9.59 Å². The van der Waals surface area contributed by atoms with Crippen molar-refractivity contribution < 1.29 is 18.0 Å². The molecule has 1 aliphatic rings. The molecular formula is C20H22N2O4S. The van der Waals surface area contributed by atoms with Gasteiger partial charge in [0.05, 0.1) is 11.4 Å². The SMILES string of the molecule is CC(C)Cc1cccc(NC(=O)c2cccc(N3C(=O)CCS3(=O)=O)c2)c1. The maximum absolute atomic E-state index is 12.6. The maximum Gasteiger partial charge on any atom is 0.255 e. The Morgan fingerprint density at radius 1 is 1.15 bits per heavy atom. The Morgan fingerprint density at radius 2 is 1.89 bits per heavy atom. The minimum atomic E-state index is -3.66. The van der Waals surface area contributed by atoms with Crippen LogP contribution >= 0.6 is 0 Å². The predicted molar refractivity (Wildman–Crippen MR) is 105 cm³/mol. The van der Waals surface area contributed by atoms with Crippen LogP contribution in [0.1, 0.15) is 36.2 Å². The monoisotopic (exact) mass is 386 g/mol. The summed E-state index contributed by atoms with van der Waals surface area (Å²) >= 11 is 0. The Bertz CT molecular complexity index is 983. The maximum atomic E-state index is 12.6. The molecule has 27 heavy (non-hydrogen) atoms. The number of anilines is 2. The van der Waals surface area contributed by atoms with Gasteiger partial charge in [-0.2, -0.15) is 0 Å². The highest BCUT2D eigenvalue weighted by Gasteiger charge is 2.36. The zero-order valence-electron chi connectivity index (χ0n) is 15.3. The molecule has 2 amide bonds. The fraction of sp³-hybridized carbons (Fsp3) is 0.300. The molecule has 7 heteroatoms. The minimum Gasteiger partial charge on any atom is -0.322 e. The van der Waals surface area contributed by atoms with Crippen LogP contribution in [-0.4, -0.2) is 26.0 Å². The number of rotatable bonds is 5. The molecule has 0 unspecified atom stereocenters. The lowest BCUT2D eigenvalue weighted by atomic mass is 10.0. The second-order valence-electron chi connectivity index (χ2n) is 7.03. The average Bonchev–Trinajstić information content (AvgIpc) is 2.87. The number of carbonyl (C=O) groups is 2. The summed E-state index contributed by atoms with van der Waals surface area (Å²) in [6.07, 6.45) is 0.871. The third-order valence-electron chi connectivity index (χ3n) is 4.25. The van der Waals surface area contributed by atoms with Crippen molar-refractivity contribution in [3.8, 4) is 0 Å². The first-order valence-corrected chi connectivity index (χ1v) is 10.4. The third-order valence-corrected chi connectivity index (χ3v) is 5.94. The molecule has 0 aromatic heterocycles. The van der Waals surface area contributed by atoms with Crippen LogP contribution in [0.4, 0.5) is 11.4 Å². The summed E-state index contributed by atoms with van der Waals surface area (Å²) in [4.78, 5) is 24.5. The predicted octanol–water partition coefficient (Wildman–Crippen LogP) is 3.20. The van der Waals surface area contributed by atoms with E-state index in [1.807, 2.05) is 18.2 Å². The largest absolute Gasteiger partial charge is 0.322 e. The molecule has 6 nitrogen and oxygen atoms in total. The van der Waals surface area contributed by atoms with Gasteiger partial charge in [-0.25, -0.2) is 12.7 Å². The molecule has 1 heterocycles. The second kappa shape index (κ2) is 7.52. The van der Waals surface area contributed by atoms with E-state index in [2.05, 4.69) is 19.2 Å². The summed E-state index contributed by atoms with van der Waals surface area (Å²) in [6.45, 7) is 4.26. The Labute approximate surface area is 159 Å². The Balaban J connectivity index is 1.81. The highest BCUT2D eigenvalue weighted by molar-refractivity contribution is 7.94. The van der Waals surface area contributed by atoms with Crippen LogP contribution in [0.15, 0.2) is 48.5 Å². The lowest BCUT2D eigenvalue weighted by Gasteiger charge is -2.16. The van der Waals surface area contributed by atoms with E-state index >= 15 is 0 Å². The fourth-order valence-electron chi connectivity index (χ4n) is 3.09. The average molecular weight is 386 g/mol. The van der Waals surface area contributed by atoms with Crippen LogP contribution < -0.4 is 9.62 Å². The van der Waals surface area contributed by atoms with E-state index in [1.54, 1.807) is 18.2 Å². The molecule has 1 fully saturated rings. The van der Waals surface area contributed by atoms with E-state index in [4.69, 9.17) is 0 Å². The molecule has 2 aromatic carbocycles. The molecule has 0 aliphatic carbocycles. The molecule has 0 saturated carbocycles. The van der Waals surface area contributed by atoms with Crippen molar-refractivity contribution in [1.82, 2.24) is 0 Å². The van der Waals surface area contributed by atoms with Crippen LogP contribution in [0, 0.1) is 5.92 Å². The van der Waals surface area contributed by atoms with Gasteiger partial charge in [0, 0.05) is 17.7 Å². The zero-order chi connectivity index (χ0) is 19.6. The van der Waals surface area contributed by atoms with Crippen LogP contribution in [0.5, 0.6) is 0 Å². The van der Waals surface area contributed by atoms with Gasteiger partial charge in [0.2, 0.25) is 15.9 Å². The molecule has 0 bridgehead atoms. The quantitative estimate of drug-likeness (QED) is 0.855. The van der Waals surface area contributed by atoms with E-state index in [-0.39, 0.29) is 29.3 Å². The zero-order valence-corrected chi connectivity index (χ0v) is 16.1. The summed E-state index contributed by atoms with van der Waals surface area (Å²) in [5, 5.41) is 2.83. The van der Waals surface area contributed by atoms with Crippen molar-refractivity contribution in [3.05, 3.63) is 59.7 Å². The summed E-state index contributed by atoms with van der Waals surface area (Å²) in [7, 11) is -3.66. The molecule has 0 atom stereocenters. The van der Waals surface area contributed by atoms with Crippen LogP contribution in [0.3, 0.4) is 0 Å². The van der Waals surface area contributed by atoms with Crippen LogP contribution in [0.2, 0.25) is 0 Å². The van der Waals surface area contributed by atoms with Crippen molar-refractivity contribution in [2.24, 2.45) is 5.92 Å². The van der Waals surface area contributed by atoms with Gasteiger partial charge >= 0.3 is 0 Å². The lowest BCUT2D eigenvalue weighted by molar-refractivity contribution is -0.116. The second-order valence-corrected chi connectivity index (χ2v) is 8.96. The van der Waals surface area contributed by atoms with E-state index in [9.17, 15) is 18.0 Å². The fourth-order valence-corrected chi connectivity index (χ4v) is 4.54. The first-order valence-electron chi connectivity index (χ1n) is 8.82. The molecule has 1 N–H and O–H groups in total. The normalized spacial score (nSPS) is 16.0. The summed E-state index contributed by atoms with van der Waals surface area (Å²) in [5.41, 5.74) is 2.29. The molecular weight excluding hydrogens is 364 g/mol. The van der Waals surface area contributed by atoms with Gasteiger partial charge in [-0.1, -0.05) is 32.0 Å². The van der Waals surface area contributed by atoms with Crippen LogP contribution in [-0.2, 0) is 21.2 Å². The molecule has 1 aliphatic heterocycles. The molecule has 0 spiro atoms. The number of benzene rings is 2. The van der Waals surface area contributed by atoms with Crippen molar-refractivity contribution in [2.45, 2.75) is 26.7 Å². The molecule has 2 aromatic rings. The summed E-state index contributed by atoms with van der Waals surface area (Å²) in [5.74, 6) is -0.533. The highest BCUT2D eigenvalue weighted by Crippen LogP contribution is 2.26. The molecule has 3 rings (SSSR count). The van der Waals surface area contributed by atoms with E-state index in [0.29, 0.717) is 11.6 Å². The van der Waals surface area contributed by atoms with Gasteiger partial charge in [0.25, 0.3) is 5.91 Å². The van der Waals surface area contributed by atoms with E-state index < -0.39 is 15.9 Å². The number of amides is 2. The first kappa shape index (κ1) is 19.1. The van der Waals surface area contributed by atoms with Crippen molar-refractivity contribution in [2.75, 3.05) is 15.4 Å². The Hall–Kier alpha value is -2.67. The standard InChI is InChI=1S/C20H22N2O4S/c1-14(2)11-15-5-3-7-17(12-15)21-20(24)16-6-4-8-18(13-16)22-19(23)9-10-27(22,25)26/h3-8,12-14H,9-11H2,1-2H3,(H,21,24). The number of sulfonamides is 1. The number of hydrogen-bond acceptors (Lipinski definition) is 4. The van der Waals surface area contributed by atoms with E-state index in [1.165, 1.54) is 12.1 Å². The first-order chi connectivity index (χ1) is 12.8. The Kier molecular flexibility index (Phi) is 5.32. The molecule has 142 valence electrons. The van der Waals surface area contributed by atoms with Crippen molar-refractivity contribution in [3.63, 3.8) is 0 Å². The van der Waals surface area contributed by atoms with E-state index in [0.717, 1.165) is 16.3 Å². The highest BCUT2D eigenvalue weighted by atomic mass is 32.2. The summed E-state index contributed by atoms with van der Waals surface area (Å²) < 4.78 is 24.9. The van der Waals surface area contributed by atoms with Crippen LogP contribution in [0.25, 0.3) is 0 Å². The molecule has 0 radical (unpaired) electrons.